The van der Waals surface area contributed by atoms with E-state index in [0.717, 1.165) is 26.2 Å². The first-order chi connectivity index (χ1) is 7.55. The average Bonchev–Trinajstić information content (AvgIpc) is 2.25. The van der Waals surface area contributed by atoms with Crippen LogP contribution in [0.1, 0.15) is 40.5 Å². The van der Waals surface area contributed by atoms with Gasteiger partial charge in [0.15, 0.2) is 0 Å². The number of hydrogen-bond donors (Lipinski definition) is 1. The fourth-order valence-electron chi connectivity index (χ4n) is 2.71. The van der Waals surface area contributed by atoms with Gasteiger partial charge in [-0.25, -0.2) is 0 Å². The lowest BCUT2D eigenvalue weighted by Gasteiger charge is -2.41. The van der Waals surface area contributed by atoms with Crippen LogP contribution in [0.15, 0.2) is 0 Å². The Morgan fingerprint density at radius 3 is 2.06 bits per heavy atom. The van der Waals surface area contributed by atoms with Crippen LogP contribution in [0.2, 0.25) is 0 Å². The van der Waals surface area contributed by atoms with Gasteiger partial charge in [-0.15, -0.1) is 0 Å². The first-order valence-corrected chi connectivity index (χ1v) is 6.63. The topological polar surface area (TPSA) is 38.5 Å². The van der Waals surface area contributed by atoms with Gasteiger partial charge in [0.2, 0.25) is 0 Å². The van der Waals surface area contributed by atoms with E-state index in [-0.39, 0.29) is 0 Å². The predicted molar refractivity (Wildman–Crippen MR) is 68.5 cm³/mol. The third-order valence-corrected chi connectivity index (χ3v) is 3.99. The van der Waals surface area contributed by atoms with Crippen LogP contribution in [0, 0.1) is 5.41 Å². The molecular weight excluding hydrogens is 200 g/mol. The summed E-state index contributed by atoms with van der Waals surface area (Å²) in [4.78, 5) is 2.53. The van der Waals surface area contributed by atoms with E-state index < -0.39 is 0 Å². The highest BCUT2D eigenvalue weighted by Crippen LogP contribution is 2.27. The SMILES string of the molecule is CCC(CC)(CN)CN1C[C@@H](C)O[C@@H](C)C1. The molecule has 0 spiro atoms. The maximum Gasteiger partial charge on any atom is 0.0678 e. The molecule has 1 saturated heterocycles. The van der Waals surface area contributed by atoms with Crippen molar-refractivity contribution in [2.24, 2.45) is 11.1 Å². The minimum Gasteiger partial charge on any atom is -0.373 e. The number of morpholine rings is 1. The zero-order chi connectivity index (χ0) is 12.2. The Kier molecular flexibility index (Phi) is 5.22. The molecule has 3 nitrogen and oxygen atoms in total. The summed E-state index contributed by atoms with van der Waals surface area (Å²) < 4.78 is 5.76. The minimum absolute atomic E-state index is 0.302. The molecule has 0 aromatic carbocycles. The van der Waals surface area contributed by atoms with Gasteiger partial charge >= 0.3 is 0 Å². The molecule has 2 N–H and O–H groups in total. The van der Waals surface area contributed by atoms with Gasteiger partial charge in [-0.2, -0.15) is 0 Å². The van der Waals surface area contributed by atoms with Crippen molar-refractivity contribution >= 4 is 0 Å². The summed E-state index contributed by atoms with van der Waals surface area (Å²) in [6.45, 7) is 12.8. The number of nitrogens with zero attached hydrogens (tertiary/aromatic N) is 1. The third kappa shape index (κ3) is 3.44. The smallest absolute Gasteiger partial charge is 0.0678 e. The average molecular weight is 228 g/mol. The highest BCUT2D eigenvalue weighted by Gasteiger charge is 2.30. The lowest BCUT2D eigenvalue weighted by Crippen LogP contribution is -2.51. The summed E-state index contributed by atoms with van der Waals surface area (Å²) in [7, 11) is 0. The molecule has 96 valence electrons. The van der Waals surface area contributed by atoms with Gasteiger partial charge in [-0.1, -0.05) is 13.8 Å². The maximum atomic E-state index is 5.96. The van der Waals surface area contributed by atoms with Gasteiger partial charge < -0.3 is 10.5 Å². The van der Waals surface area contributed by atoms with Crippen molar-refractivity contribution in [3.63, 3.8) is 0 Å². The van der Waals surface area contributed by atoms with E-state index in [2.05, 4.69) is 32.6 Å². The van der Waals surface area contributed by atoms with E-state index in [0.29, 0.717) is 17.6 Å². The van der Waals surface area contributed by atoms with E-state index in [4.69, 9.17) is 10.5 Å². The summed E-state index contributed by atoms with van der Waals surface area (Å²) in [6, 6.07) is 0. The zero-order valence-corrected chi connectivity index (χ0v) is 11.3. The van der Waals surface area contributed by atoms with Gasteiger partial charge in [0.05, 0.1) is 12.2 Å². The summed E-state index contributed by atoms with van der Waals surface area (Å²) in [5.41, 5.74) is 6.26. The molecule has 2 atom stereocenters. The Balaban J connectivity index is 2.57. The van der Waals surface area contributed by atoms with Crippen molar-refractivity contribution < 1.29 is 4.74 Å². The second-order valence-electron chi connectivity index (χ2n) is 5.36. The van der Waals surface area contributed by atoms with Gasteiger partial charge in [0.1, 0.15) is 0 Å². The van der Waals surface area contributed by atoms with Crippen molar-refractivity contribution in [1.29, 1.82) is 0 Å². The molecular formula is C13H28N2O. The standard InChI is InChI=1S/C13H28N2O/c1-5-13(6-2,9-14)10-15-7-11(3)16-12(4)8-15/h11-12H,5-10,14H2,1-4H3/t11-,12+. The monoisotopic (exact) mass is 228 g/mol. The van der Waals surface area contributed by atoms with E-state index in [1.807, 2.05) is 0 Å². The van der Waals surface area contributed by atoms with Gasteiger partial charge in [-0.3, -0.25) is 4.90 Å². The molecule has 1 heterocycles. The van der Waals surface area contributed by atoms with E-state index >= 15 is 0 Å². The van der Waals surface area contributed by atoms with Gasteiger partial charge in [-0.05, 0) is 38.6 Å². The Morgan fingerprint density at radius 2 is 1.69 bits per heavy atom. The summed E-state index contributed by atoms with van der Waals surface area (Å²) in [5, 5.41) is 0. The molecule has 16 heavy (non-hydrogen) atoms. The molecule has 3 heteroatoms. The van der Waals surface area contributed by atoms with Crippen molar-refractivity contribution in [3.05, 3.63) is 0 Å². The quantitative estimate of drug-likeness (QED) is 0.780. The van der Waals surface area contributed by atoms with E-state index in [9.17, 15) is 0 Å². The van der Waals surface area contributed by atoms with Crippen LogP contribution in [0.3, 0.4) is 0 Å². The normalized spacial score (nSPS) is 28.3. The van der Waals surface area contributed by atoms with E-state index in [1.54, 1.807) is 0 Å². The molecule has 0 amide bonds. The van der Waals surface area contributed by atoms with Crippen LogP contribution in [0.5, 0.6) is 0 Å². The fourth-order valence-corrected chi connectivity index (χ4v) is 2.71. The molecule has 1 aliphatic heterocycles. The second-order valence-corrected chi connectivity index (χ2v) is 5.36. The van der Waals surface area contributed by atoms with Crippen LogP contribution < -0.4 is 5.73 Å². The molecule has 0 saturated carbocycles. The molecule has 1 fully saturated rings. The lowest BCUT2D eigenvalue weighted by molar-refractivity contribution is -0.0778. The molecule has 0 aromatic rings. The summed E-state index contributed by atoms with van der Waals surface area (Å²) in [6.07, 6.45) is 3.04. The van der Waals surface area contributed by atoms with Crippen LogP contribution in [-0.2, 0) is 4.74 Å². The number of ether oxygens (including phenoxy) is 1. The first-order valence-electron chi connectivity index (χ1n) is 6.63. The number of nitrogens with two attached hydrogens (primary N) is 1. The van der Waals surface area contributed by atoms with Crippen molar-refractivity contribution in [2.75, 3.05) is 26.2 Å². The molecule has 1 aliphatic rings. The molecule has 0 unspecified atom stereocenters. The molecule has 0 aromatic heterocycles. The minimum atomic E-state index is 0.302. The summed E-state index contributed by atoms with van der Waals surface area (Å²) >= 11 is 0. The van der Waals surface area contributed by atoms with Crippen LogP contribution in [0.25, 0.3) is 0 Å². The fraction of sp³-hybridized carbons (Fsp3) is 1.00. The van der Waals surface area contributed by atoms with Gasteiger partial charge in [0.25, 0.3) is 0 Å². The Labute approximate surface area is 100 Å². The van der Waals surface area contributed by atoms with Gasteiger partial charge in [0, 0.05) is 19.6 Å². The predicted octanol–water partition coefficient (Wildman–Crippen LogP) is 1.86. The zero-order valence-electron chi connectivity index (χ0n) is 11.3. The highest BCUT2D eigenvalue weighted by atomic mass is 16.5. The van der Waals surface area contributed by atoms with Crippen LogP contribution in [0.4, 0.5) is 0 Å². The Hall–Kier alpha value is -0.120. The Bertz CT molecular complexity index is 186. The summed E-state index contributed by atoms with van der Waals surface area (Å²) in [5.74, 6) is 0. The third-order valence-electron chi connectivity index (χ3n) is 3.99. The number of hydrogen-bond acceptors (Lipinski definition) is 3. The molecule has 0 radical (unpaired) electrons. The van der Waals surface area contributed by atoms with E-state index in [1.165, 1.54) is 12.8 Å². The second kappa shape index (κ2) is 5.99. The van der Waals surface area contributed by atoms with Crippen LogP contribution >= 0.6 is 0 Å². The number of rotatable bonds is 5. The Morgan fingerprint density at radius 1 is 1.19 bits per heavy atom. The van der Waals surface area contributed by atoms with Crippen molar-refractivity contribution in [3.8, 4) is 0 Å². The molecule has 0 bridgehead atoms. The molecule has 1 rings (SSSR count). The van der Waals surface area contributed by atoms with Crippen molar-refractivity contribution in [2.45, 2.75) is 52.7 Å². The van der Waals surface area contributed by atoms with Crippen LogP contribution in [-0.4, -0.2) is 43.3 Å². The maximum absolute atomic E-state index is 5.96. The largest absolute Gasteiger partial charge is 0.373 e. The first kappa shape index (κ1) is 13.9. The molecule has 0 aliphatic carbocycles. The highest BCUT2D eigenvalue weighted by molar-refractivity contribution is 4.84. The lowest BCUT2D eigenvalue weighted by atomic mass is 9.81. The van der Waals surface area contributed by atoms with Crippen molar-refractivity contribution in [1.82, 2.24) is 4.90 Å².